The molecule has 0 amide bonds. The monoisotopic (exact) mass is 178 g/mol. The van der Waals surface area contributed by atoms with E-state index in [4.69, 9.17) is 0 Å². The van der Waals surface area contributed by atoms with Crippen molar-refractivity contribution < 1.29 is 5.11 Å². The number of hydrogen-bond donors (Lipinski definition) is 1. The molecular weight excluding hydrogens is 161 g/mol. The van der Waals surface area contributed by atoms with E-state index in [1.165, 1.54) is 25.8 Å². The van der Waals surface area contributed by atoms with Gasteiger partial charge in [0.05, 0.1) is 6.10 Å². The van der Waals surface area contributed by atoms with E-state index in [1.807, 2.05) is 0 Å². The van der Waals surface area contributed by atoms with Gasteiger partial charge in [-0.1, -0.05) is 0 Å². The molecule has 3 rings (SSSR count). The van der Waals surface area contributed by atoms with E-state index in [9.17, 15) is 5.11 Å². The van der Waals surface area contributed by atoms with Gasteiger partial charge in [-0.25, -0.2) is 0 Å². The maximum atomic E-state index is 9.84. The fraction of sp³-hybridized carbons (Fsp3) is 1.00. The fourth-order valence-electron chi connectivity index (χ4n) is 3.97. The van der Waals surface area contributed by atoms with Crippen LogP contribution in [0.4, 0.5) is 0 Å². The number of hydrogen-bond acceptors (Lipinski definition) is 2. The summed E-state index contributed by atoms with van der Waals surface area (Å²) in [6.45, 7) is 4.55. The highest BCUT2D eigenvalue weighted by Crippen LogP contribution is 2.55. The summed E-state index contributed by atoms with van der Waals surface area (Å²) in [6, 6.07) is 0. The number of nitrogens with zero attached hydrogens (tertiary/aromatic N) is 1. The van der Waals surface area contributed by atoms with Gasteiger partial charge in [-0.05, 0) is 38.6 Å². The Balaban J connectivity index is 0.000000653. The molecule has 0 aromatic heterocycles. The molecule has 3 heteroatoms. The van der Waals surface area contributed by atoms with Gasteiger partial charge < -0.3 is 5.11 Å². The summed E-state index contributed by atoms with van der Waals surface area (Å²) < 4.78 is 0. The first-order valence-corrected chi connectivity index (χ1v) is 5.16. The molecule has 3 aliphatic rings. The second-order valence-electron chi connectivity index (χ2n) is 4.91. The zero-order valence-electron chi connectivity index (χ0n) is 8.24. The topological polar surface area (TPSA) is 23.5 Å². The molecule has 0 unspecified atom stereocenters. The van der Waals surface area contributed by atoms with Crippen molar-refractivity contribution in [3.05, 3.63) is 0 Å². The van der Waals surface area contributed by atoms with Crippen molar-refractivity contribution in [3.63, 3.8) is 0 Å². The van der Waals surface area contributed by atoms with Gasteiger partial charge in [-0.15, -0.1) is 0 Å². The van der Waals surface area contributed by atoms with Crippen molar-refractivity contribution in [2.75, 3.05) is 13.1 Å². The summed E-state index contributed by atoms with van der Waals surface area (Å²) in [5, 5.41) is 9.84. The lowest BCUT2D eigenvalue weighted by molar-refractivity contribution is 0.124. The van der Waals surface area contributed by atoms with Crippen LogP contribution in [0.15, 0.2) is 0 Å². The SMILES string of the molecule is C[C@@]12[C@H]3CC[C@@H]1[C@@H](O)CN2CC3.[B]. The maximum absolute atomic E-state index is 9.84. The lowest BCUT2D eigenvalue weighted by Gasteiger charge is -2.31. The molecule has 3 fully saturated rings. The summed E-state index contributed by atoms with van der Waals surface area (Å²) in [5.41, 5.74) is 0.388. The molecule has 0 spiro atoms. The molecule has 4 atom stereocenters. The van der Waals surface area contributed by atoms with E-state index in [-0.39, 0.29) is 14.5 Å². The molecule has 1 N–H and O–H groups in total. The average molecular weight is 178 g/mol. The zero-order valence-corrected chi connectivity index (χ0v) is 8.24. The van der Waals surface area contributed by atoms with E-state index < -0.39 is 0 Å². The third-order valence-electron chi connectivity index (χ3n) is 4.70. The molecule has 13 heavy (non-hydrogen) atoms. The lowest BCUT2D eigenvalue weighted by atomic mass is 9.84. The predicted molar refractivity (Wildman–Crippen MR) is 52.6 cm³/mol. The van der Waals surface area contributed by atoms with Crippen LogP contribution < -0.4 is 0 Å². The van der Waals surface area contributed by atoms with Crippen molar-refractivity contribution >= 4 is 8.41 Å². The Morgan fingerprint density at radius 3 is 2.85 bits per heavy atom. The second kappa shape index (κ2) is 2.74. The van der Waals surface area contributed by atoms with Crippen molar-refractivity contribution in [2.45, 2.75) is 37.8 Å². The van der Waals surface area contributed by atoms with Gasteiger partial charge in [0.15, 0.2) is 0 Å². The molecule has 71 valence electrons. The molecule has 3 radical (unpaired) electrons. The van der Waals surface area contributed by atoms with Gasteiger partial charge in [-0.3, -0.25) is 4.90 Å². The summed E-state index contributed by atoms with van der Waals surface area (Å²) in [5.74, 6) is 1.48. The van der Waals surface area contributed by atoms with Crippen LogP contribution in [0.25, 0.3) is 0 Å². The number of aliphatic hydroxyl groups is 1. The maximum Gasteiger partial charge on any atom is 0.0713 e. The van der Waals surface area contributed by atoms with Crippen LogP contribution in [-0.4, -0.2) is 43.2 Å². The highest BCUT2D eigenvalue weighted by Gasteiger charge is 2.60. The summed E-state index contributed by atoms with van der Waals surface area (Å²) >= 11 is 0. The number of rotatable bonds is 0. The third kappa shape index (κ3) is 0.923. The van der Waals surface area contributed by atoms with Crippen molar-refractivity contribution in [2.24, 2.45) is 11.8 Å². The Labute approximate surface area is 81.9 Å². The number of aliphatic hydroxyl groups excluding tert-OH is 1. The van der Waals surface area contributed by atoms with E-state index >= 15 is 0 Å². The van der Waals surface area contributed by atoms with Gasteiger partial charge in [-0.2, -0.15) is 0 Å². The summed E-state index contributed by atoms with van der Waals surface area (Å²) in [7, 11) is 0. The van der Waals surface area contributed by atoms with Gasteiger partial charge >= 0.3 is 0 Å². The predicted octanol–water partition coefficient (Wildman–Crippen LogP) is 0.471. The third-order valence-corrected chi connectivity index (χ3v) is 4.70. The largest absolute Gasteiger partial charge is 0.391 e. The van der Waals surface area contributed by atoms with Gasteiger partial charge in [0.1, 0.15) is 0 Å². The minimum atomic E-state index is -0.0275. The Kier molecular flexibility index (Phi) is 2.01. The van der Waals surface area contributed by atoms with E-state index in [1.54, 1.807) is 0 Å². The molecule has 2 aliphatic heterocycles. The molecule has 0 aromatic carbocycles. The zero-order chi connectivity index (χ0) is 8.34. The molecule has 2 saturated heterocycles. The van der Waals surface area contributed by atoms with Crippen molar-refractivity contribution in [1.82, 2.24) is 4.90 Å². The first kappa shape index (κ1) is 9.54. The Bertz CT molecular complexity index is 223. The normalized spacial score (nSPS) is 53.5. The second-order valence-corrected chi connectivity index (χ2v) is 4.91. The van der Waals surface area contributed by atoms with Gasteiger partial charge in [0, 0.05) is 26.4 Å². The highest BCUT2D eigenvalue weighted by atomic mass is 16.3. The Hall–Kier alpha value is -0.0151. The summed E-state index contributed by atoms with van der Waals surface area (Å²) in [6.07, 6.45) is 3.97. The minimum Gasteiger partial charge on any atom is -0.391 e. The fourth-order valence-corrected chi connectivity index (χ4v) is 3.97. The van der Waals surface area contributed by atoms with Crippen LogP contribution in [0, 0.1) is 11.8 Å². The molecule has 2 nitrogen and oxygen atoms in total. The van der Waals surface area contributed by atoms with E-state index in [0.717, 1.165) is 12.5 Å². The lowest BCUT2D eigenvalue weighted by Crippen LogP contribution is -2.41. The quantitative estimate of drug-likeness (QED) is 0.545. The standard InChI is InChI=1S/C10H17NO.B/c1-10-7-2-3-8(10)9(12)6-11(10)5-4-7;/h7-9,12H,2-6H2,1H3;/t7-,8+,9-,10+;/m0./s1. The van der Waals surface area contributed by atoms with Crippen molar-refractivity contribution in [1.29, 1.82) is 0 Å². The molecular formula is C10H17BNO. The molecule has 0 aromatic rings. The first-order chi connectivity index (χ1) is 5.73. The highest BCUT2D eigenvalue weighted by molar-refractivity contribution is 5.75. The van der Waals surface area contributed by atoms with Crippen LogP contribution in [-0.2, 0) is 0 Å². The van der Waals surface area contributed by atoms with E-state index in [2.05, 4.69) is 11.8 Å². The Morgan fingerprint density at radius 1 is 1.31 bits per heavy atom. The average Bonchev–Trinajstić information content (AvgIpc) is 2.56. The molecule has 0 bridgehead atoms. The van der Waals surface area contributed by atoms with Crippen LogP contribution in [0.3, 0.4) is 0 Å². The Morgan fingerprint density at radius 2 is 2.08 bits per heavy atom. The van der Waals surface area contributed by atoms with Crippen molar-refractivity contribution in [3.8, 4) is 0 Å². The smallest absolute Gasteiger partial charge is 0.0713 e. The molecule has 2 heterocycles. The van der Waals surface area contributed by atoms with Gasteiger partial charge in [0.25, 0.3) is 0 Å². The van der Waals surface area contributed by atoms with E-state index in [0.29, 0.717) is 11.5 Å². The van der Waals surface area contributed by atoms with Crippen LogP contribution in [0.2, 0.25) is 0 Å². The number of β-amino-alcohol motifs (C(OH)–C–C–N with tert-alkyl or cyclic N) is 1. The van der Waals surface area contributed by atoms with Crippen LogP contribution in [0.1, 0.15) is 26.2 Å². The van der Waals surface area contributed by atoms with Gasteiger partial charge in [0.2, 0.25) is 0 Å². The summed E-state index contributed by atoms with van der Waals surface area (Å²) in [4.78, 5) is 2.53. The van der Waals surface area contributed by atoms with Crippen LogP contribution >= 0.6 is 0 Å². The van der Waals surface area contributed by atoms with Crippen LogP contribution in [0.5, 0.6) is 0 Å². The molecule has 1 saturated carbocycles. The molecule has 1 aliphatic carbocycles. The first-order valence-electron chi connectivity index (χ1n) is 5.16. The minimum absolute atomic E-state index is 0.